The van der Waals surface area contributed by atoms with Crippen LogP contribution in [0.1, 0.15) is 284 Å². The van der Waals surface area contributed by atoms with E-state index >= 15 is 0 Å². The number of phenolic OH excluding ortho intramolecular Hbond substituents is 2. The minimum absolute atomic E-state index is 0. The largest absolute Gasteiger partial charge is 2.00 e. The Morgan fingerprint density at radius 3 is 0.880 bits per heavy atom. The molecular formula is C80H114O2Ti. The van der Waals surface area contributed by atoms with Crippen molar-refractivity contribution in [2.45, 2.75) is 272 Å². The van der Waals surface area contributed by atoms with Crippen molar-refractivity contribution >= 4 is 0 Å². The molecule has 0 unspecified atom stereocenters. The molecule has 0 saturated heterocycles. The van der Waals surface area contributed by atoms with E-state index in [1.165, 1.54) is 184 Å². The van der Waals surface area contributed by atoms with E-state index in [4.69, 9.17) is 0 Å². The summed E-state index contributed by atoms with van der Waals surface area (Å²) in [6.45, 7) is 36.1. The number of phenols is 2. The van der Waals surface area contributed by atoms with Gasteiger partial charge in [-0.15, -0.1) is 0 Å². The number of aromatic hydroxyl groups is 2. The van der Waals surface area contributed by atoms with Gasteiger partial charge in [-0.3, -0.25) is 0 Å². The average Bonchev–Trinajstić information content (AvgIpc) is 2.41. The van der Waals surface area contributed by atoms with Crippen molar-refractivity contribution in [1.29, 1.82) is 0 Å². The second-order valence-corrected chi connectivity index (χ2v) is 28.9. The van der Waals surface area contributed by atoms with Crippen LogP contribution in [0, 0.1) is 14.9 Å². The van der Waals surface area contributed by atoms with Crippen LogP contribution in [-0.2, 0) is 54.2 Å². The molecule has 0 heterocycles. The fourth-order valence-corrected chi connectivity index (χ4v) is 13.7. The molecule has 0 fully saturated rings. The van der Waals surface area contributed by atoms with Gasteiger partial charge in [0.05, 0.1) is 0 Å². The smallest absolute Gasteiger partial charge is 0.507 e. The Labute approximate surface area is 524 Å². The number of benzene rings is 6. The molecule has 2 nitrogen and oxygen atoms in total. The summed E-state index contributed by atoms with van der Waals surface area (Å²) < 4.78 is 0. The molecule has 0 amide bonds. The Hall–Kier alpha value is -4.37. The van der Waals surface area contributed by atoms with Gasteiger partial charge in [-0.2, -0.15) is 0 Å². The topological polar surface area (TPSA) is 40.5 Å². The Bertz CT molecular complexity index is 2780. The predicted octanol–water partition coefficient (Wildman–Crippen LogP) is 24.6. The van der Waals surface area contributed by atoms with Gasteiger partial charge < -0.3 is 25.1 Å². The van der Waals surface area contributed by atoms with Crippen molar-refractivity contribution < 1.29 is 31.9 Å². The summed E-state index contributed by atoms with van der Waals surface area (Å²) in [4.78, 5) is 0. The van der Waals surface area contributed by atoms with E-state index in [0.29, 0.717) is 11.5 Å². The zero-order chi connectivity index (χ0) is 58.3. The van der Waals surface area contributed by atoms with Crippen molar-refractivity contribution in [2.75, 3.05) is 0 Å². The van der Waals surface area contributed by atoms with Gasteiger partial charge in [0.1, 0.15) is 11.5 Å². The molecule has 2 aliphatic carbocycles. The quantitative estimate of drug-likeness (QED) is 0.0404. The third-order valence-corrected chi connectivity index (χ3v) is 18.6. The molecule has 83 heavy (non-hydrogen) atoms. The van der Waals surface area contributed by atoms with Crippen molar-refractivity contribution in [2.24, 2.45) is 0 Å². The Morgan fingerprint density at radius 1 is 0.313 bits per heavy atom. The minimum atomic E-state index is -0.143. The molecule has 2 N–H and O–H groups in total. The van der Waals surface area contributed by atoms with E-state index in [2.05, 4.69) is 220 Å². The maximum absolute atomic E-state index is 11.7. The second kappa shape index (κ2) is 29.8. The zero-order valence-corrected chi connectivity index (χ0v) is 57.5. The van der Waals surface area contributed by atoms with E-state index in [1.807, 2.05) is 0 Å². The maximum Gasteiger partial charge on any atom is 2.00 e. The van der Waals surface area contributed by atoms with Crippen LogP contribution in [0.15, 0.2) is 109 Å². The summed E-state index contributed by atoms with van der Waals surface area (Å²) in [5.74, 6) is 0.875. The van der Waals surface area contributed by atoms with Crippen molar-refractivity contribution in [1.82, 2.24) is 0 Å². The van der Waals surface area contributed by atoms with Gasteiger partial charge in [0, 0.05) is 33.1 Å². The second-order valence-electron chi connectivity index (χ2n) is 28.9. The van der Waals surface area contributed by atoms with Crippen LogP contribution in [0.3, 0.4) is 0 Å². The van der Waals surface area contributed by atoms with E-state index in [9.17, 15) is 10.2 Å². The van der Waals surface area contributed by atoms with Crippen LogP contribution in [0.5, 0.6) is 11.5 Å². The standard InChI is InChI=1S/2C39H54O.2CH3.Ti/c2*1-9-11-13-17-23-39(24-18-14-12-10-2)33-20-16-15-19-30(33)31-22-21-28(25-34(31)39)32-26-29(37(3,4)5)27-35(36(32)40)38(6,7)8;;;/h2*15-16,19-22,25-27,40H,9-14,17-18,23-24H2,1-8H3;2*1H3;/q;;2*-1;+2. The molecule has 0 spiro atoms. The fourth-order valence-electron chi connectivity index (χ4n) is 13.7. The number of fused-ring (bicyclic) bond motifs is 6. The van der Waals surface area contributed by atoms with Crippen LogP contribution in [0.2, 0.25) is 0 Å². The van der Waals surface area contributed by atoms with E-state index in [1.54, 1.807) is 0 Å². The monoisotopic (exact) mass is 1150 g/mol. The summed E-state index contributed by atoms with van der Waals surface area (Å²) in [7, 11) is 0. The molecular weight excluding hydrogens is 1040 g/mol. The molecule has 0 atom stereocenters. The van der Waals surface area contributed by atoms with Crippen molar-refractivity contribution in [3.05, 3.63) is 169 Å². The first kappa shape index (κ1) is 71.1. The third-order valence-electron chi connectivity index (χ3n) is 18.6. The predicted molar refractivity (Wildman–Crippen MR) is 362 cm³/mol. The molecule has 6 aromatic carbocycles. The summed E-state index contributed by atoms with van der Waals surface area (Å²) in [5, 5.41) is 23.4. The third kappa shape index (κ3) is 15.8. The Morgan fingerprint density at radius 2 is 0.602 bits per heavy atom. The van der Waals surface area contributed by atoms with Gasteiger partial charge in [-0.25, -0.2) is 0 Å². The minimum Gasteiger partial charge on any atom is -0.507 e. The molecule has 2 aliphatic rings. The van der Waals surface area contributed by atoms with Crippen LogP contribution in [0.4, 0.5) is 0 Å². The van der Waals surface area contributed by atoms with E-state index in [-0.39, 0.29) is 69.1 Å². The van der Waals surface area contributed by atoms with Gasteiger partial charge in [0.25, 0.3) is 0 Å². The molecule has 0 saturated carbocycles. The van der Waals surface area contributed by atoms with Crippen LogP contribution >= 0.6 is 0 Å². The van der Waals surface area contributed by atoms with Gasteiger partial charge >= 0.3 is 21.7 Å². The molecule has 8 rings (SSSR count). The van der Waals surface area contributed by atoms with Crippen molar-refractivity contribution in [3.63, 3.8) is 0 Å². The normalized spacial score (nSPS) is 13.8. The number of unbranched alkanes of at least 4 members (excludes halogenated alkanes) is 12. The first-order valence-corrected chi connectivity index (χ1v) is 32.1. The molecule has 6 aromatic rings. The molecule has 3 heteroatoms. The van der Waals surface area contributed by atoms with Crippen molar-refractivity contribution in [3.8, 4) is 56.0 Å². The van der Waals surface area contributed by atoms with E-state index < -0.39 is 0 Å². The fraction of sp³-hybridized carbons (Fsp3) is 0.525. The van der Waals surface area contributed by atoms with Gasteiger partial charge in [0.2, 0.25) is 0 Å². The first-order chi connectivity index (χ1) is 37.9. The van der Waals surface area contributed by atoms with E-state index in [0.717, 1.165) is 33.4 Å². The number of hydrogen-bond donors (Lipinski definition) is 2. The molecule has 0 aliphatic heterocycles. The Balaban J connectivity index is 0.000000344. The number of rotatable bonds is 22. The molecule has 0 bridgehead atoms. The van der Waals surface area contributed by atoms with Crippen LogP contribution < -0.4 is 0 Å². The van der Waals surface area contributed by atoms with Gasteiger partial charge in [0.15, 0.2) is 0 Å². The number of hydrogen-bond acceptors (Lipinski definition) is 2. The average molecular weight is 1160 g/mol. The summed E-state index contributed by atoms with van der Waals surface area (Å²) >= 11 is 0. The van der Waals surface area contributed by atoms with Gasteiger partial charge in [-0.1, -0.05) is 298 Å². The summed E-state index contributed by atoms with van der Waals surface area (Å²) in [6.07, 6.45) is 25.3. The first-order valence-electron chi connectivity index (χ1n) is 32.1. The molecule has 0 aromatic heterocycles. The summed E-state index contributed by atoms with van der Waals surface area (Å²) in [5.41, 5.74) is 20.3. The molecule has 0 radical (unpaired) electrons. The molecule has 450 valence electrons. The van der Waals surface area contributed by atoms with Crippen LogP contribution in [-0.4, -0.2) is 10.2 Å². The summed E-state index contributed by atoms with van der Waals surface area (Å²) in [6, 6.07) is 41.5. The van der Waals surface area contributed by atoms with Gasteiger partial charge in [-0.05, 0) is 138 Å². The van der Waals surface area contributed by atoms with Crippen LogP contribution in [0.25, 0.3) is 44.5 Å². The zero-order valence-electron chi connectivity index (χ0n) is 55.9. The SMILES string of the molecule is CCCCCCC1(CCCCCC)c2ccccc2-c2ccc(-c3cc(C(C)(C)C)cc(C(C)(C)C)c3O)cc21.CCCCCCC1(CCCCCC)c2ccccc2-c2ccc(-c3cc(C(C)(C)C)cc(C(C)(C)C)c3O)cc21.[CH3-].[CH3-].[Ti+2]. The maximum atomic E-state index is 11.7. The Kier molecular flexibility index (Phi) is 25.6.